The van der Waals surface area contributed by atoms with E-state index in [4.69, 9.17) is 0 Å². The van der Waals surface area contributed by atoms with Crippen LogP contribution in [0.4, 0.5) is 5.69 Å². The molecule has 0 bridgehead atoms. The van der Waals surface area contributed by atoms with Crippen LogP contribution >= 0.6 is 0 Å². The summed E-state index contributed by atoms with van der Waals surface area (Å²) in [4.78, 5) is 6.73. The van der Waals surface area contributed by atoms with E-state index in [0.29, 0.717) is 24.5 Å². The second-order valence-electron chi connectivity index (χ2n) is 7.09. The second kappa shape index (κ2) is 6.94. The third-order valence-electron chi connectivity index (χ3n) is 5.21. The molecule has 2 heterocycles. The molecule has 0 amide bonds. The number of hydrogen-bond acceptors (Lipinski definition) is 4. The minimum atomic E-state index is -3.55. The van der Waals surface area contributed by atoms with Gasteiger partial charge in [0.05, 0.1) is 4.90 Å². The lowest BCUT2D eigenvalue weighted by molar-refractivity contribution is 0.343. The number of rotatable bonds is 3. The van der Waals surface area contributed by atoms with E-state index in [1.807, 2.05) is 6.07 Å². The third kappa shape index (κ3) is 3.31. The molecule has 1 unspecified atom stereocenters. The summed E-state index contributed by atoms with van der Waals surface area (Å²) >= 11 is 0. The summed E-state index contributed by atoms with van der Waals surface area (Å²) < 4.78 is 28.3. The summed E-state index contributed by atoms with van der Waals surface area (Å²) in [6.45, 7) is 5.77. The smallest absolute Gasteiger partial charge is 0.243 e. The van der Waals surface area contributed by atoms with Gasteiger partial charge in [-0.25, -0.2) is 8.42 Å². The number of aryl methyl sites for hydroxylation is 1. The highest BCUT2D eigenvalue weighted by Gasteiger charge is 2.33. The van der Waals surface area contributed by atoms with Gasteiger partial charge in [-0.05, 0) is 38.1 Å². The lowest BCUT2D eigenvalue weighted by Crippen LogP contribution is -2.53. The van der Waals surface area contributed by atoms with E-state index >= 15 is 0 Å². The number of sulfonamides is 1. The van der Waals surface area contributed by atoms with E-state index in [0.717, 1.165) is 16.5 Å². The van der Waals surface area contributed by atoms with Gasteiger partial charge in [0.1, 0.15) is 0 Å². The first-order chi connectivity index (χ1) is 13.0. The summed E-state index contributed by atoms with van der Waals surface area (Å²) in [5.74, 6) is 0. The predicted molar refractivity (Wildman–Crippen MR) is 108 cm³/mol. The van der Waals surface area contributed by atoms with Gasteiger partial charge in [-0.1, -0.05) is 29.8 Å². The monoisotopic (exact) mass is 381 g/mol. The second-order valence-corrected chi connectivity index (χ2v) is 9.00. The molecule has 140 valence electrons. The van der Waals surface area contributed by atoms with Gasteiger partial charge in [0.15, 0.2) is 0 Å². The fourth-order valence-corrected chi connectivity index (χ4v) is 5.45. The van der Waals surface area contributed by atoms with Crippen LogP contribution < -0.4 is 4.90 Å². The predicted octanol–water partition coefficient (Wildman–Crippen LogP) is 3.44. The lowest BCUT2D eigenvalue weighted by atomic mass is 10.1. The zero-order valence-electron chi connectivity index (χ0n) is 15.5. The van der Waals surface area contributed by atoms with Gasteiger partial charge in [0.25, 0.3) is 0 Å². The van der Waals surface area contributed by atoms with Crippen LogP contribution in [0.5, 0.6) is 0 Å². The van der Waals surface area contributed by atoms with Gasteiger partial charge in [0.2, 0.25) is 10.0 Å². The number of benzene rings is 2. The highest BCUT2D eigenvalue weighted by Crippen LogP contribution is 2.28. The van der Waals surface area contributed by atoms with E-state index < -0.39 is 10.0 Å². The molecule has 1 atom stereocenters. The minimum absolute atomic E-state index is 0.105. The average molecular weight is 382 g/mol. The Bertz CT molecular complexity index is 1060. The SMILES string of the molecule is Cc1ccc(N2CCN(S(=O)(=O)c3cccc4cnccc34)CC2C)cc1. The van der Waals surface area contributed by atoms with Crippen molar-refractivity contribution in [1.82, 2.24) is 9.29 Å². The topological polar surface area (TPSA) is 53.5 Å². The first-order valence-corrected chi connectivity index (χ1v) is 10.6. The van der Waals surface area contributed by atoms with Crippen LogP contribution in [0.25, 0.3) is 10.8 Å². The summed E-state index contributed by atoms with van der Waals surface area (Å²) in [6, 6.07) is 15.6. The minimum Gasteiger partial charge on any atom is -0.366 e. The van der Waals surface area contributed by atoms with Crippen LogP contribution in [0.15, 0.2) is 65.8 Å². The van der Waals surface area contributed by atoms with Crippen molar-refractivity contribution in [3.63, 3.8) is 0 Å². The average Bonchev–Trinajstić information content (AvgIpc) is 2.68. The highest BCUT2D eigenvalue weighted by atomic mass is 32.2. The van der Waals surface area contributed by atoms with E-state index in [1.54, 1.807) is 34.9 Å². The molecule has 27 heavy (non-hydrogen) atoms. The van der Waals surface area contributed by atoms with Crippen molar-refractivity contribution < 1.29 is 8.42 Å². The van der Waals surface area contributed by atoms with E-state index in [1.165, 1.54) is 5.56 Å². The largest absolute Gasteiger partial charge is 0.366 e. The summed E-state index contributed by atoms with van der Waals surface area (Å²) in [7, 11) is -3.55. The van der Waals surface area contributed by atoms with Crippen LogP contribution in [0, 0.1) is 6.92 Å². The summed E-state index contributed by atoms with van der Waals surface area (Å²) in [6.07, 6.45) is 3.34. The normalized spacial score (nSPS) is 18.7. The van der Waals surface area contributed by atoms with Crippen molar-refractivity contribution in [3.8, 4) is 0 Å². The van der Waals surface area contributed by atoms with Crippen molar-refractivity contribution >= 4 is 26.5 Å². The van der Waals surface area contributed by atoms with Gasteiger partial charge >= 0.3 is 0 Å². The van der Waals surface area contributed by atoms with Crippen LogP contribution in [0.2, 0.25) is 0 Å². The lowest BCUT2D eigenvalue weighted by Gasteiger charge is -2.40. The molecule has 0 N–H and O–H groups in total. The number of nitrogens with zero attached hydrogens (tertiary/aromatic N) is 3. The molecule has 0 spiro atoms. The maximum absolute atomic E-state index is 13.3. The number of aromatic nitrogens is 1. The third-order valence-corrected chi connectivity index (χ3v) is 7.14. The Labute approximate surface area is 160 Å². The van der Waals surface area contributed by atoms with Crippen LogP contribution in [-0.2, 0) is 10.0 Å². The van der Waals surface area contributed by atoms with Crippen molar-refractivity contribution in [2.45, 2.75) is 24.8 Å². The molecule has 1 saturated heterocycles. The molecule has 6 heteroatoms. The number of anilines is 1. The Morgan fingerprint density at radius 3 is 2.56 bits per heavy atom. The standard InChI is InChI=1S/C21H23N3O2S/c1-16-6-8-19(9-7-16)24-13-12-23(15-17(24)2)27(25,26)21-5-3-4-18-14-22-11-10-20(18)21/h3-11,14,17H,12-13,15H2,1-2H3. The molecule has 1 aromatic heterocycles. The van der Waals surface area contributed by atoms with Gasteiger partial charge in [0, 0.05) is 54.5 Å². The van der Waals surface area contributed by atoms with Crippen LogP contribution in [-0.4, -0.2) is 43.4 Å². The van der Waals surface area contributed by atoms with Crippen molar-refractivity contribution in [3.05, 3.63) is 66.5 Å². The fourth-order valence-electron chi connectivity index (χ4n) is 3.72. The molecule has 4 rings (SSSR count). The van der Waals surface area contributed by atoms with Crippen molar-refractivity contribution in [1.29, 1.82) is 0 Å². The maximum Gasteiger partial charge on any atom is 0.243 e. The number of piperazine rings is 1. The van der Waals surface area contributed by atoms with Gasteiger partial charge < -0.3 is 4.90 Å². The summed E-state index contributed by atoms with van der Waals surface area (Å²) in [5.41, 5.74) is 2.36. The molecule has 2 aromatic carbocycles. The molecular weight excluding hydrogens is 358 g/mol. The van der Waals surface area contributed by atoms with E-state index in [-0.39, 0.29) is 6.04 Å². The Morgan fingerprint density at radius 1 is 1.04 bits per heavy atom. The number of fused-ring (bicyclic) bond motifs is 1. The summed E-state index contributed by atoms with van der Waals surface area (Å²) in [5, 5.41) is 1.56. The Hall–Kier alpha value is -2.44. The number of hydrogen-bond donors (Lipinski definition) is 0. The molecule has 0 saturated carbocycles. The Morgan fingerprint density at radius 2 is 1.81 bits per heavy atom. The molecule has 0 radical (unpaired) electrons. The maximum atomic E-state index is 13.3. The van der Waals surface area contributed by atoms with E-state index in [9.17, 15) is 8.42 Å². The first kappa shape index (κ1) is 17.9. The van der Waals surface area contributed by atoms with E-state index in [2.05, 4.69) is 48.0 Å². The molecule has 1 fully saturated rings. The van der Waals surface area contributed by atoms with Gasteiger partial charge in [-0.15, -0.1) is 0 Å². The molecule has 1 aliphatic heterocycles. The van der Waals surface area contributed by atoms with Gasteiger partial charge in [-0.2, -0.15) is 4.31 Å². The molecule has 3 aromatic rings. The number of pyridine rings is 1. The Balaban J connectivity index is 1.62. The van der Waals surface area contributed by atoms with Crippen molar-refractivity contribution in [2.24, 2.45) is 0 Å². The van der Waals surface area contributed by atoms with Crippen LogP contribution in [0.1, 0.15) is 12.5 Å². The molecule has 5 nitrogen and oxygen atoms in total. The molecule has 1 aliphatic rings. The fraction of sp³-hybridized carbons (Fsp3) is 0.286. The molecule has 0 aliphatic carbocycles. The van der Waals surface area contributed by atoms with Crippen LogP contribution in [0.3, 0.4) is 0 Å². The zero-order chi connectivity index (χ0) is 19.0. The highest BCUT2D eigenvalue weighted by molar-refractivity contribution is 7.89. The molecular formula is C21H23N3O2S. The quantitative estimate of drug-likeness (QED) is 0.697. The Kier molecular flexibility index (Phi) is 4.61. The zero-order valence-corrected chi connectivity index (χ0v) is 16.4. The van der Waals surface area contributed by atoms with Gasteiger partial charge in [-0.3, -0.25) is 4.98 Å². The van der Waals surface area contributed by atoms with Crippen molar-refractivity contribution in [2.75, 3.05) is 24.5 Å². The first-order valence-electron chi connectivity index (χ1n) is 9.13.